The fraction of sp³-hybridized carbons (Fsp3) is 0.400. The first-order valence-corrected chi connectivity index (χ1v) is 10.5. The second kappa shape index (κ2) is 8.09. The summed E-state index contributed by atoms with van der Waals surface area (Å²) in [5.41, 5.74) is 0.0273. The third-order valence-corrected chi connectivity index (χ3v) is 6.45. The highest BCUT2D eigenvalue weighted by atomic mass is 35.5. The Labute approximate surface area is 170 Å². The molecule has 0 bridgehead atoms. The van der Waals surface area contributed by atoms with E-state index in [0.29, 0.717) is 27.2 Å². The summed E-state index contributed by atoms with van der Waals surface area (Å²) in [6.07, 6.45) is 8.02. The maximum atomic E-state index is 13.7. The molecule has 3 aromatic rings. The van der Waals surface area contributed by atoms with Crippen molar-refractivity contribution in [2.75, 3.05) is 0 Å². The number of hydrogen-bond donors (Lipinski definition) is 0. The Morgan fingerprint density at radius 1 is 1.32 bits per heavy atom. The number of ketones is 1. The van der Waals surface area contributed by atoms with Crippen LogP contribution in [0.3, 0.4) is 0 Å². The van der Waals surface area contributed by atoms with Gasteiger partial charge in [-0.3, -0.25) is 14.2 Å². The lowest BCUT2D eigenvalue weighted by molar-refractivity contribution is -0.122. The molecule has 4 rings (SSSR count). The van der Waals surface area contributed by atoms with Gasteiger partial charge in [-0.1, -0.05) is 37.3 Å². The van der Waals surface area contributed by atoms with E-state index in [9.17, 15) is 14.0 Å². The van der Waals surface area contributed by atoms with Gasteiger partial charge in [-0.25, -0.2) is 14.4 Å². The number of carbonyl (C=O) groups is 1. The highest BCUT2D eigenvalue weighted by Crippen LogP contribution is 2.33. The summed E-state index contributed by atoms with van der Waals surface area (Å²) < 4.78 is 15.6. The van der Waals surface area contributed by atoms with Crippen molar-refractivity contribution >= 4 is 39.6 Å². The summed E-state index contributed by atoms with van der Waals surface area (Å²) in [6.45, 7) is 0. The smallest absolute Gasteiger partial charge is 0.261 e. The van der Waals surface area contributed by atoms with E-state index in [1.807, 2.05) is 0 Å². The van der Waals surface area contributed by atoms with Crippen molar-refractivity contribution < 1.29 is 9.18 Å². The van der Waals surface area contributed by atoms with E-state index in [1.165, 1.54) is 46.6 Å². The minimum absolute atomic E-state index is 0.0995. The quantitative estimate of drug-likeness (QED) is 0.586. The van der Waals surface area contributed by atoms with Gasteiger partial charge in [-0.15, -0.1) is 11.3 Å². The van der Waals surface area contributed by atoms with E-state index < -0.39 is 17.4 Å². The van der Waals surface area contributed by atoms with Crippen molar-refractivity contribution in [2.45, 2.75) is 44.6 Å². The van der Waals surface area contributed by atoms with Crippen LogP contribution >= 0.6 is 22.9 Å². The Morgan fingerprint density at radius 2 is 2.11 bits per heavy atom. The van der Waals surface area contributed by atoms with Crippen molar-refractivity contribution in [1.29, 1.82) is 0 Å². The van der Waals surface area contributed by atoms with Crippen LogP contribution in [0.5, 0.6) is 0 Å². The van der Waals surface area contributed by atoms with Gasteiger partial charge in [0, 0.05) is 0 Å². The van der Waals surface area contributed by atoms with Crippen molar-refractivity contribution in [3.05, 3.63) is 56.2 Å². The number of aromatic nitrogens is 3. The predicted molar refractivity (Wildman–Crippen MR) is 107 cm³/mol. The SMILES string of the molecule is O=C(Cc1ncc(Cl)s1)C(CC1CCCC1)n1cnc2ccc(F)cc2c1=O. The Morgan fingerprint density at radius 3 is 2.82 bits per heavy atom. The molecule has 146 valence electrons. The van der Waals surface area contributed by atoms with Gasteiger partial charge in [0.25, 0.3) is 5.56 Å². The van der Waals surface area contributed by atoms with Crippen LogP contribution in [0.4, 0.5) is 4.39 Å². The fourth-order valence-electron chi connectivity index (χ4n) is 3.93. The van der Waals surface area contributed by atoms with Crippen LogP contribution in [-0.4, -0.2) is 20.3 Å². The number of nitrogens with zero attached hydrogens (tertiary/aromatic N) is 3. The van der Waals surface area contributed by atoms with Gasteiger partial charge in [0.15, 0.2) is 5.78 Å². The molecule has 1 saturated carbocycles. The minimum Gasteiger partial charge on any atom is -0.297 e. The molecule has 0 spiro atoms. The molecule has 1 aliphatic carbocycles. The number of rotatable bonds is 6. The molecule has 2 heterocycles. The number of halogens is 2. The zero-order chi connectivity index (χ0) is 19.7. The van der Waals surface area contributed by atoms with E-state index in [0.717, 1.165) is 25.7 Å². The molecule has 0 amide bonds. The maximum Gasteiger partial charge on any atom is 0.261 e. The van der Waals surface area contributed by atoms with E-state index in [1.54, 1.807) is 0 Å². The average molecular weight is 420 g/mol. The Kier molecular flexibility index (Phi) is 5.55. The lowest BCUT2D eigenvalue weighted by Crippen LogP contribution is -2.32. The van der Waals surface area contributed by atoms with Gasteiger partial charge in [-0.05, 0) is 30.5 Å². The number of hydrogen-bond acceptors (Lipinski definition) is 5. The standard InChI is InChI=1S/C20H19ClFN3O2S/c21-18-10-23-19(28-18)9-17(26)16(7-12-3-1-2-4-12)25-11-24-15-6-5-13(22)8-14(15)20(25)27/h5-6,8,10-12,16H,1-4,7,9H2. The average Bonchev–Trinajstić information content (AvgIpc) is 3.32. The van der Waals surface area contributed by atoms with Crippen molar-refractivity contribution in [3.8, 4) is 0 Å². The molecule has 0 radical (unpaired) electrons. The monoisotopic (exact) mass is 419 g/mol. The zero-order valence-corrected chi connectivity index (χ0v) is 16.7. The maximum absolute atomic E-state index is 13.7. The van der Waals surface area contributed by atoms with E-state index >= 15 is 0 Å². The topological polar surface area (TPSA) is 64.8 Å². The molecule has 0 aliphatic heterocycles. The molecule has 0 N–H and O–H groups in total. The van der Waals surface area contributed by atoms with Gasteiger partial charge in [0.1, 0.15) is 15.2 Å². The van der Waals surface area contributed by atoms with Crippen LogP contribution in [0.25, 0.3) is 10.9 Å². The first kappa shape index (κ1) is 19.2. The Hall–Kier alpha value is -2.12. The van der Waals surface area contributed by atoms with E-state index in [-0.39, 0.29) is 17.6 Å². The second-order valence-corrected chi connectivity index (χ2v) is 8.97. The lowest BCUT2D eigenvalue weighted by atomic mass is 9.94. The summed E-state index contributed by atoms with van der Waals surface area (Å²) in [7, 11) is 0. The normalized spacial score (nSPS) is 15.9. The summed E-state index contributed by atoms with van der Waals surface area (Å²) in [6, 6.07) is 3.28. The van der Waals surface area contributed by atoms with E-state index in [4.69, 9.17) is 11.6 Å². The van der Waals surface area contributed by atoms with Crippen LogP contribution in [-0.2, 0) is 11.2 Å². The third kappa shape index (κ3) is 4.00. The largest absolute Gasteiger partial charge is 0.297 e. The summed E-state index contributed by atoms with van der Waals surface area (Å²) in [4.78, 5) is 34.6. The summed E-state index contributed by atoms with van der Waals surface area (Å²) in [5, 5.41) is 0.809. The molecule has 0 saturated heterocycles. The third-order valence-electron chi connectivity index (χ3n) is 5.33. The molecule has 1 aromatic carbocycles. The molecular formula is C20H19ClFN3O2S. The Bertz CT molecular complexity index is 1070. The fourth-order valence-corrected chi connectivity index (χ4v) is 4.89. The number of Topliss-reactive ketones (excluding diaryl/α,β-unsaturated/α-hetero) is 1. The van der Waals surface area contributed by atoms with E-state index in [2.05, 4.69) is 9.97 Å². The Balaban J connectivity index is 1.71. The van der Waals surface area contributed by atoms with Crippen molar-refractivity contribution in [1.82, 2.24) is 14.5 Å². The van der Waals surface area contributed by atoms with Crippen molar-refractivity contribution in [3.63, 3.8) is 0 Å². The highest BCUT2D eigenvalue weighted by molar-refractivity contribution is 7.15. The molecule has 5 nitrogen and oxygen atoms in total. The molecule has 1 fully saturated rings. The first-order valence-electron chi connectivity index (χ1n) is 9.30. The molecule has 1 aliphatic rings. The molecule has 8 heteroatoms. The molecule has 1 atom stereocenters. The van der Waals surface area contributed by atoms with Crippen LogP contribution in [0.2, 0.25) is 4.34 Å². The van der Waals surface area contributed by atoms with Gasteiger partial charge < -0.3 is 0 Å². The molecule has 1 unspecified atom stereocenters. The number of benzene rings is 1. The lowest BCUT2D eigenvalue weighted by Gasteiger charge is -2.21. The van der Waals surface area contributed by atoms with Crippen LogP contribution in [0.15, 0.2) is 35.5 Å². The molecule has 2 aromatic heterocycles. The number of carbonyl (C=O) groups excluding carboxylic acids is 1. The number of fused-ring (bicyclic) bond motifs is 1. The van der Waals surface area contributed by atoms with Gasteiger partial charge >= 0.3 is 0 Å². The predicted octanol–water partition coefficient (Wildman–Crippen LogP) is 4.58. The highest BCUT2D eigenvalue weighted by Gasteiger charge is 2.28. The first-order chi connectivity index (χ1) is 13.5. The van der Waals surface area contributed by atoms with Crippen LogP contribution in [0.1, 0.15) is 43.2 Å². The summed E-state index contributed by atoms with van der Waals surface area (Å²) in [5.74, 6) is -0.207. The zero-order valence-electron chi connectivity index (χ0n) is 15.1. The van der Waals surface area contributed by atoms with Gasteiger partial charge in [-0.2, -0.15) is 0 Å². The molecular weight excluding hydrogens is 401 g/mol. The van der Waals surface area contributed by atoms with Crippen LogP contribution < -0.4 is 5.56 Å². The van der Waals surface area contributed by atoms with Gasteiger partial charge in [0.2, 0.25) is 0 Å². The minimum atomic E-state index is -0.640. The second-order valence-electron chi connectivity index (χ2n) is 7.22. The number of thiazole rings is 1. The summed E-state index contributed by atoms with van der Waals surface area (Å²) >= 11 is 7.19. The van der Waals surface area contributed by atoms with Crippen molar-refractivity contribution in [2.24, 2.45) is 5.92 Å². The van der Waals surface area contributed by atoms with Gasteiger partial charge in [0.05, 0.1) is 35.9 Å². The molecule has 28 heavy (non-hydrogen) atoms. The van der Waals surface area contributed by atoms with Crippen LogP contribution in [0, 0.1) is 11.7 Å².